The molecule has 1 N–H and O–H groups in total. The number of benzene rings is 3. The first kappa shape index (κ1) is 20.1. The van der Waals surface area contributed by atoms with Gasteiger partial charge in [-0.1, -0.05) is 53.5 Å². The normalized spacial score (nSPS) is 10.4. The van der Waals surface area contributed by atoms with Crippen molar-refractivity contribution in [2.24, 2.45) is 0 Å². The molecule has 0 atom stereocenters. The summed E-state index contributed by atoms with van der Waals surface area (Å²) in [5.74, 6) is 0.753. The van der Waals surface area contributed by atoms with Crippen molar-refractivity contribution in [3.05, 3.63) is 87.9 Å². The van der Waals surface area contributed by atoms with E-state index in [2.05, 4.69) is 5.32 Å². The topological polar surface area (TPSA) is 47.6 Å². The Kier molecular flexibility index (Phi) is 6.80. The Morgan fingerprint density at radius 3 is 2.46 bits per heavy atom. The number of carbonyl (C=O) groups is 1. The van der Waals surface area contributed by atoms with Crippen LogP contribution in [0, 0.1) is 0 Å². The van der Waals surface area contributed by atoms with Gasteiger partial charge < -0.3 is 14.8 Å². The summed E-state index contributed by atoms with van der Waals surface area (Å²) in [7, 11) is 0. The highest BCUT2D eigenvalue weighted by Crippen LogP contribution is 2.31. The molecule has 0 radical (unpaired) electrons. The number of hydrogen-bond acceptors (Lipinski definition) is 3. The smallest absolute Gasteiger partial charge is 0.255 e. The van der Waals surface area contributed by atoms with Crippen molar-refractivity contribution < 1.29 is 14.3 Å². The molecule has 0 unspecified atom stereocenters. The minimum atomic E-state index is -0.322. The van der Waals surface area contributed by atoms with Gasteiger partial charge in [-0.3, -0.25) is 4.79 Å². The second-order valence-corrected chi connectivity index (χ2v) is 6.79. The Bertz CT molecular complexity index is 961. The molecule has 0 fully saturated rings. The van der Waals surface area contributed by atoms with E-state index in [4.69, 9.17) is 32.7 Å². The van der Waals surface area contributed by atoms with E-state index in [0.29, 0.717) is 46.0 Å². The van der Waals surface area contributed by atoms with Crippen LogP contribution in [0.5, 0.6) is 11.5 Å². The van der Waals surface area contributed by atoms with Gasteiger partial charge in [0.25, 0.3) is 5.91 Å². The minimum absolute atomic E-state index is 0.322. The van der Waals surface area contributed by atoms with Gasteiger partial charge in [-0.2, -0.15) is 0 Å². The van der Waals surface area contributed by atoms with E-state index in [1.54, 1.807) is 36.4 Å². The van der Waals surface area contributed by atoms with Crippen LogP contribution in [0.1, 0.15) is 22.8 Å². The molecule has 28 heavy (non-hydrogen) atoms. The Balaban J connectivity index is 1.80. The number of halogens is 2. The molecule has 0 aliphatic heterocycles. The molecule has 0 bridgehead atoms. The summed E-state index contributed by atoms with van der Waals surface area (Å²) in [6, 6.07) is 19.7. The zero-order chi connectivity index (χ0) is 19.9. The fourth-order valence-corrected chi connectivity index (χ4v) is 2.90. The van der Waals surface area contributed by atoms with Gasteiger partial charge in [0.05, 0.1) is 17.3 Å². The molecule has 0 aliphatic carbocycles. The first-order valence-electron chi connectivity index (χ1n) is 8.77. The summed E-state index contributed by atoms with van der Waals surface area (Å²) in [6.07, 6.45) is 0. The maximum atomic E-state index is 12.7. The summed E-state index contributed by atoms with van der Waals surface area (Å²) in [6.45, 7) is 2.75. The predicted molar refractivity (Wildman–Crippen MR) is 113 cm³/mol. The summed E-state index contributed by atoms with van der Waals surface area (Å²) in [5.41, 5.74) is 1.88. The van der Waals surface area contributed by atoms with E-state index < -0.39 is 0 Å². The Morgan fingerprint density at radius 2 is 1.71 bits per heavy atom. The zero-order valence-electron chi connectivity index (χ0n) is 15.2. The van der Waals surface area contributed by atoms with E-state index in [0.717, 1.165) is 5.56 Å². The highest BCUT2D eigenvalue weighted by Gasteiger charge is 2.14. The highest BCUT2D eigenvalue weighted by molar-refractivity contribution is 6.35. The molecule has 0 spiro atoms. The molecule has 3 aromatic carbocycles. The number of carbonyl (C=O) groups excluding carboxylic acids is 1. The maximum Gasteiger partial charge on any atom is 0.255 e. The quantitative estimate of drug-likeness (QED) is 0.497. The van der Waals surface area contributed by atoms with E-state index in [1.807, 2.05) is 37.3 Å². The summed E-state index contributed by atoms with van der Waals surface area (Å²) in [4.78, 5) is 12.7. The standard InChI is InChI=1S/C22H19Cl2NO3/c1-2-27-20-11-8-16(12-21(20)28-14-15-6-4-3-5-7-15)22(26)25-19-13-17(23)9-10-18(19)24/h3-13H,2,14H2,1H3,(H,25,26). The van der Waals surface area contributed by atoms with Crippen LogP contribution in [0.15, 0.2) is 66.7 Å². The molecular weight excluding hydrogens is 397 g/mol. The first-order chi connectivity index (χ1) is 13.6. The monoisotopic (exact) mass is 415 g/mol. The molecule has 0 saturated heterocycles. The molecule has 144 valence electrons. The molecule has 6 heteroatoms. The molecule has 0 aromatic heterocycles. The summed E-state index contributed by atoms with van der Waals surface area (Å²) in [5, 5.41) is 3.66. The zero-order valence-corrected chi connectivity index (χ0v) is 16.8. The van der Waals surface area contributed by atoms with Crippen LogP contribution in [0.3, 0.4) is 0 Å². The highest BCUT2D eigenvalue weighted by atomic mass is 35.5. The molecule has 0 aliphatic rings. The lowest BCUT2D eigenvalue weighted by Crippen LogP contribution is -2.12. The van der Waals surface area contributed by atoms with Crippen molar-refractivity contribution in [3.8, 4) is 11.5 Å². The minimum Gasteiger partial charge on any atom is -0.490 e. The number of hydrogen-bond donors (Lipinski definition) is 1. The number of rotatable bonds is 7. The van der Waals surface area contributed by atoms with E-state index >= 15 is 0 Å². The summed E-state index contributed by atoms with van der Waals surface area (Å²) >= 11 is 12.1. The Hall–Kier alpha value is -2.69. The number of amides is 1. The van der Waals surface area contributed by atoms with Crippen LogP contribution in [-0.2, 0) is 6.61 Å². The van der Waals surface area contributed by atoms with Gasteiger partial charge in [0.2, 0.25) is 0 Å². The van der Waals surface area contributed by atoms with Crippen molar-refractivity contribution in [1.29, 1.82) is 0 Å². The lowest BCUT2D eigenvalue weighted by Gasteiger charge is -2.14. The SMILES string of the molecule is CCOc1ccc(C(=O)Nc2cc(Cl)ccc2Cl)cc1OCc1ccccc1. The van der Waals surface area contributed by atoms with Crippen molar-refractivity contribution in [2.75, 3.05) is 11.9 Å². The number of ether oxygens (including phenoxy) is 2. The van der Waals surface area contributed by atoms with Crippen LogP contribution < -0.4 is 14.8 Å². The third kappa shape index (κ3) is 5.18. The molecule has 3 rings (SSSR count). The van der Waals surface area contributed by atoms with Crippen LogP contribution in [0.25, 0.3) is 0 Å². The molecular formula is C22H19Cl2NO3. The number of anilines is 1. The van der Waals surface area contributed by atoms with Crippen LogP contribution in [0.4, 0.5) is 5.69 Å². The van der Waals surface area contributed by atoms with Crippen LogP contribution >= 0.6 is 23.2 Å². The van der Waals surface area contributed by atoms with Crippen molar-refractivity contribution >= 4 is 34.8 Å². The van der Waals surface area contributed by atoms with Crippen molar-refractivity contribution in [3.63, 3.8) is 0 Å². The van der Waals surface area contributed by atoms with E-state index in [-0.39, 0.29) is 5.91 Å². The average molecular weight is 416 g/mol. The maximum absolute atomic E-state index is 12.7. The lowest BCUT2D eigenvalue weighted by molar-refractivity contribution is 0.102. The van der Waals surface area contributed by atoms with Crippen molar-refractivity contribution in [1.82, 2.24) is 0 Å². The van der Waals surface area contributed by atoms with Crippen LogP contribution in [-0.4, -0.2) is 12.5 Å². The first-order valence-corrected chi connectivity index (χ1v) is 9.52. The third-order valence-electron chi connectivity index (χ3n) is 3.92. The second kappa shape index (κ2) is 9.49. The molecule has 1 amide bonds. The molecule has 0 saturated carbocycles. The number of nitrogens with one attached hydrogen (secondary N) is 1. The fraction of sp³-hybridized carbons (Fsp3) is 0.136. The average Bonchev–Trinajstić information content (AvgIpc) is 2.71. The van der Waals surface area contributed by atoms with E-state index in [1.165, 1.54) is 0 Å². The molecule has 3 aromatic rings. The fourth-order valence-electron chi connectivity index (χ4n) is 2.56. The van der Waals surface area contributed by atoms with E-state index in [9.17, 15) is 4.79 Å². The predicted octanol–water partition coefficient (Wildman–Crippen LogP) is 6.22. The lowest BCUT2D eigenvalue weighted by atomic mass is 10.1. The van der Waals surface area contributed by atoms with Gasteiger partial charge in [0.1, 0.15) is 6.61 Å². The molecule has 4 nitrogen and oxygen atoms in total. The Morgan fingerprint density at radius 1 is 0.929 bits per heavy atom. The Labute approximate surface area is 174 Å². The second-order valence-electron chi connectivity index (χ2n) is 5.95. The van der Waals surface area contributed by atoms with Crippen LogP contribution in [0.2, 0.25) is 10.0 Å². The van der Waals surface area contributed by atoms with Gasteiger partial charge in [-0.25, -0.2) is 0 Å². The van der Waals surface area contributed by atoms with Gasteiger partial charge in [0.15, 0.2) is 11.5 Å². The van der Waals surface area contributed by atoms with Gasteiger partial charge in [0, 0.05) is 10.6 Å². The van der Waals surface area contributed by atoms with Gasteiger partial charge in [-0.15, -0.1) is 0 Å². The molecule has 0 heterocycles. The van der Waals surface area contributed by atoms with Crippen molar-refractivity contribution in [2.45, 2.75) is 13.5 Å². The van der Waals surface area contributed by atoms with Gasteiger partial charge in [-0.05, 0) is 48.9 Å². The van der Waals surface area contributed by atoms with Gasteiger partial charge >= 0.3 is 0 Å². The largest absolute Gasteiger partial charge is 0.490 e. The third-order valence-corrected chi connectivity index (χ3v) is 4.48. The summed E-state index contributed by atoms with van der Waals surface area (Å²) < 4.78 is 11.5.